The summed E-state index contributed by atoms with van der Waals surface area (Å²) < 4.78 is 4.92. The number of carboxylic acids is 1. The normalized spacial score (nSPS) is 9.81. The van der Waals surface area contributed by atoms with E-state index in [1.54, 1.807) is 13.2 Å². The second kappa shape index (κ2) is 5.87. The number of benzene rings is 1. The van der Waals surface area contributed by atoms with Crippen molar-refractivity contribution >= 4 is 18.1 Å². The van der Waals surface area contributed by atoms with Gasteiger partial charge in [0.25, 0.3) is 0 Å². The minimum absolute atomic E-state index is 0.144. The second-order valence-electron chi connectivity index (χ2n) is 3.18. The minimum Gasteiger partial charge on any atom is -0.478 e. The summed E-state index contributed by atoms with van der Waals surface area (Å²) in [5.41, 5.74) is 1.50. The lowest BCUT2D eigenvalue weighted by atomic mass is 10.1. The van der Waals surface area contributed by atoms with Gasteiger partial charge >= 0.3 is 5.97 Å². The van der Waals surface area contributed by atoms with Crippen LogP contribution in [0.3, 0.4) is 0 Å². The van der Waals surface area contributed by atoms with Crippen molar-refractivity contribution in [2.45, 2.75) is 6.42 Å². The molecule has 0 heterocycles. The molecule has 1 aromatic rings. The third kappa shape index (κ3) is 3.06. The molecule has 5 nitrogen and oxygen atoms in total. The van der Waals surface area contributed by atoms with Crippen LogP contribution in [0.5, 0.6) is 0 Å². The summed E-state index contributed by atoms with van der Waals surface area (Å²) in [6.45, 7) is 0.514. The molecule has 2 N–H and O–H groups in total. The van der Waals surface area contributed by atoms with Gasteiger partial charge in [0.2, 0.25) is 6.41 Å². The van der Waals surface area contributed by atoms with E-state index in [2.05, 4.69) is 5.32 Å². The van der Waals surface area contributed by atoms with Crippen molar-refractivity contribution < 1.29 is 19.4 Å². The van der Waals surface area contributed by atoms with Crippen LogP contribution in [-0.2, 0) is 16.0 Å². The largest absolute Gasteiger partial charge is 0.478 e. The first kappa shape index (κ1) is 12.2. The number of methoxy groups -OCH3 is 1. The Kier molecular flexibility index (Phi) is 4.47. The van der Waals surface area contributed by atoms with Crippen LogP contribution in [0, 0.1) is 0 Å². The fraction of sp³-hybridized carbons (Fsp3) is 0.273. The van der Waals surface area contributed by atoms with Crippen molar-refractivity contribution in [3.8, 4) is 0 Å². The number of carbonyl (C=O) groups excluding carboxylic acids is 1. The average molecular weight is 223 g/mol. The van der Waals surface area contributed by atoms with Crippen molar-refractivity contribution in [3.05, 3.63) is 29.3 Å². The molecule has 16 heavy (non-hydrogen) atoms. The zero-order valence-electron chi connectivity index (χ0n) is 8.90. The Balaban J connectivity index is 2.98. The van der Waals surface area contributed by atoms with E-state index in [1.165, 1.54) is 12.1 Å². The van der Waals surface area contributed by atoms with Gasteiger partial charge in [-0.25, -0.2) is 4.79 Å². The molecule has 0 bridgehead atoms. The van der Waals surface area contributed by atoms with Gasteiger partial charge in [-0.1, -0.05) is 6.07 Å². The molecule has 0 aliphatic carbocycles. The third-order valence-corrected chi connectivity index (χ3v) is 2.15. The van der Waals surface area contributed by atoms with Crippen LogP contribution < -0.4 is 5.32 Å². The number of hydrogen-bond donors (Lipinski definition) is 2. The lowest BCUT2D eigenvalue weighted by molar-refractivity contribution is -0.105. The summed E-state index contributed by atoms with van der Waals surface area (Å²) in [5, 5.41) is 11.3. The van der Waals surface area contributed by atoms with E-state index in [0.29, 0.717) is 25.1 Å². The van der Waals surface area contributed by atoms with Crippen LogP contribution in [0.4, 0.5) is 5.69 Å². The van der Waals surface area contributed by atoms with E-state index >= 15 is 0 Å². The quantitative estimate of drug-likeness (QED) is 0.709. The highest BCUT2D eigenvalue weighted by Gasteiger charge is 2.07. The van der Waals surface area contributed by atoms with Crippen molar-refractivity contribution in [2.24, 2.45) is 0 Å². The fourth-order valence-electron chi connectivity index (χ4n) is 1.34. The number of rotatable bonds is 6. The lowest BCUT2D eigenvalue weighted by Crippen LogP contribution is -2.05. The molecule has 86 valence electrons. The average Bonchev–Trinajstić information content (AvgIpc) is 2.27. The molecule has 0 aliphatic heterocycles. The summed E-state index contributed by atoms with van der Waals surface area (Å²) in [4.78, 5) is 21.1. The number of carbonyl (C=O) groups is 2. The van der Waals surface area contributed by atoms with E-state index in [4.69, 9.17) is 9.84 Å². The molecule has 1 rings (SSSR count). The Morgan fingerprint density at radius 2 is 2.31 bits per heavy atom. The van der Waals surface area contributed by atoms with Crippen molar-refractivity contribution in [3.63, 3.8) is 0 Å². The van der Waals surface area contributed by atoms with Crippen LogP contribution in [-0.4, -0.2) is 31.2 Å². The van der Waals surface area contributed by atoms with Gasteiger partial charge in [-0.3, -0.25) is 4.79 Å². The van der Waals surface area contributed by atoms with Crippen molar-refractivity contribution in [1.82, 2.24) is 0 Å². The van der Waals surface area contributed by atoms with Gasteiger partial charge in [-0.15, -0.1) is 0 Å². The molecule has 0 aliphatic rings. The number of aromatic carboxylic acids is 1. The van der Waals surface area contributed by atoms with Crippen molar-refractivity contribution in [1.29, 1.82) is 0 Å². The van der Waals surface area contributed by atoms with E-state index in [1.807, 2.05) is 0 Å². The van der Waals surface area contributed by atoms with E-state index < -0.39 is 5.97 Å². The Morgan fingerprint density at radius 3 is 2.88 bits per heavy atom. The second-order valence-corrected chi connectivity index (χ2v) is 3.18. The monoisotopic (exact) mass is 223 g/mol. The van der Waals surface area contributed by atoms with Crippen LogP contribution >= 0.6 is 0 Å². The standard InChI is InChI=1S/C11H13NO4/c1-16-5-4-8-2-3-9(11(14)15)6-10(8)12-7-13/h2-3,6-7H,4-5H2,1H3,(H,12,13)(H,14,15). The number of ether oxygens (including phenoxy) is 1. The topological polar surface area (TPSA) is 75.6 Å². The van der Waals surface area contributed by atoms with Gasteiger partial charge < -0.3 is 15.2 Å². The number of carboxylic acid groups (broad SMARTS) is 1. The smallest absolute Gasteiger partial charge is 0.335 e. The molecule has 1 amide bonds. The Hall–Kier alpha value is -1.88. The molecule has 0 unspecified atom stereocenters. The van der Waals surface area contributed by atoms with Gasteiger partial charge in [0.05, 0.1) is 12.2 Å². The van der Waals surface area contributed by atoms with Gasteiger partial charge in [0, 0.05) is 12.8 Å². The summed E-state index contributed by atoms with van der Waals surface area (Å²) in [7, 11) is 1.58. The Bertz CT molecular complexity index is 390. The fourth-order valence-corrected chi connectivity index (χ4v) is 1.34. The van der Waals surface area contributed by atoms with Crippen molar-refractivity contribution in [2.75, 3.05) is 19.0 Å². The van der Waals surface area contributed by atoms with Crippen LogP contribution in [0.2, 0.25) is 0 Å². The SMILES string of the molecule is COCCc1ccc(C(=O)O)cc1NC=O. The first-order valence-electron chi connectivity index (χ1n) is 4.74. The molecule has 0 atom stereocenters. The molecule has 0 aromatic heterocycles. The molecule has 0 fully saturated rings. The summed E-state index contributed by atoms with van der Waals surface area (Å²) in [6, 6.07) is 4.61. The maximum absolute atomic E-state index is 10.7. The third-order valence-electron chi connectivity index (χ3n) is 2.15. The number of nitrogens with one attached hydrogen (secondary N) is 1. The summed E-state index contributed by atoms with van der Waals surface area (Å²) >= 11 is 0. The molecule has 5 heteroatoms. The summed E-state index contributed by atoms with van der Waals surface area (Å²) in [5.74, 6) is -1.02. The Morgan fingerprint density at radius 1 is 1.56 bits per heavy atom. The summed E-state index contributed by atoms with van der Waals surface area (Å²) in [6.07, 6.45) is 1.14. The van der Waals surface area contributed by atoms with Crippen LogP contribution in [0.25, 0.3) is 0 Å². The van der Waals surface area contributed by atoms with Crippen LogP contribution in [0.15, 0.2) is 18.2 Å². The maximum atomic E-state index is 10.7. The molecule has 0 radical (unpaired) electrons. The highest BCUT2D eigenvalue weighted by Crippen LogP contribution is 2.18. The van der Waals surface area contributed by atoms with Gasteiger partial charge in [0.15, 0.2) is 0 Å². The minimum atomic E-state index is -1.02. The molecular formula is C11H13NO4. The predicted molar refractivity (Wildman–Crippen MR) is 58.7 cm³/mol. The zero-order chi connectivity index (χ0) is 12.0. The molecule has 0 saturated heterocycles. The van der Waals surface area contributed by atoms with Gasteiger partial charge in [0.1, 0.15) is 0 Å². The van der Waals surface area contributed by atoms with E-state index in [0.717, 1.165) is 5.56 Å². The predicted octanol–water partition coefficient (Wildman–Crippen LogP) is 1.14. The lowest BCUT2D eigenvalue weighted by Gasteiger charge is -2.08. The highest BCUT2D eigenvalue weighted by atomic mass is 16.5. The number of anilines is 1. The Labute approximate surface area is 93.0 Å². The first-order valence-corrected chi connectivity index (χ1v) is 4.74. The van der Waals surface area contributed by atoms with Gasteiger partial charge in [-0.05, 0) is 24.1 Å². The molecule has 1 aromatic carbocycles. The van der Waals surface area contributed by atoms with E-state index in [9.17, 15) is 9.59 Å². The van der Waals surface area contributed by atoms with Crippen LogP contribution in [0.1, 0.15) is 15.9 Å². The molecular weight excluding hydrogens is 210 g/mol. The highest BCUT2D eigenvalue weighted by molar-refractivity contribution is 5.90. The zero-order valence-corrected chi connectivity index (χ0v) is 8.90. The maximum Gasteiger partial charge on any atom is 0.335 e. The first-order chi connectivity index (χ1) is 7.69. The van der Waals surface area contributed by atoms with Gasteiger partial charge in [-0.2, -0.15) is 0 Å². The number of hydrogen-bond acceptors (Lipinski definition) is 3. The molecule has 0 saturated carbocycles. The molecule has 0 spiro atoms. The van der Waals surface area contributed by atoms with E-state index in [-0.39, 0.29) is 5.56 Å². The number of amides is 1.